The Kier molecular flexibility index (Phi) is 5.93. The van der Waals surface area contributed by atoms with Crippen LogP contribution in [0.25, 0.3) is 0 Å². The predicted molar refractivity (Wildman–Crippen MR) is 87.4 cm³/mol. The first-order chi connectivity index (χ1) is 12.0. The number of nitrogens with one attached hydrogen (secondary N) is 1. The maximum absolute atomic E-state index is 14.3. The van der Waals surface area contributed by atoms with Gasteiger partial charge in [0.1, 0.15) is 0 Å². The van der Waals surface area contributed by atoms with Gasteiger partial charge in [0, 0.05) is 19.2 Å². The molecule has 0 aliphatic carbocycles. The van der Waals surface area contributed by atoms with Crippen molar-refractivity contribution in [2.75, 3.05) is 14.2 Å². The minimum absolute atomic E-state index is 0.0332. The molecule has 6 nitrogen and oxygen atoms in total. The molecule has 2 aromatic rings. The Balaban J connectivity index is 2.13. The van der Waals surface area contributed by atoms with Crippen LogP contribution >= 0.6 is 0 Å². The number of carbonyl (C=O) groups is 1. The van der Waals surface area contributed by atoms with E-state index in [1.54, 1.807) is 24.3 Å². The predicted octanol–water partition coefficient (Wildman–Crippen LogP) is 2.42. The Morgan fingerprint density at radius 2 is 1.96 bits per heavy atom. The number of phenols is 1. The molecule has 2 rings (SSSR count). The van der Waals surface area contributed by atoms with Gasteiger partial charge in [-0.2, -0.15) is 5.26 Å². The zero-order valence-corrected chi connectivity index (χ0v) is 13.7. The molecule has 0 aromatic heterocycles. The zero-order chi connectivity index (χ0) is 18.4. The monoisotopic (exact) mass is 344 g/mol. The molecule has 130 valence electrons. The van der Waals surface area contributed by atoms with E-state index >= 15 is 0 Å². The number of methoxy groups -OCH3 is 2. The lowest BCUT2D eigenvalue weighted by Crippen LogP contribution is -2.30. The second-order valence-corrected chi connectivity index (χ2v) is 5.16. The van der Waals surface area contributed by atoms with Crippen molar-refractivity contribution in [1.29, 1.82) is 5.26 Å². The van der Waals surface area contributed by atoms with Gasteiger partial charge in [-0.25, -0.2) is 4.39 Å². The molecule has 0 spiro atoms. The number of hydrogen-bond acceptors (Lipinski definition) is 5. The highest BCUT2D eigenvalue weighted by Crippen LogP contribution is 2.34. The van der Waals surface area contributed by atoms with Crippen molar-refractivity contribution in [2.24, 2.45) is 0 Å². The van der Waals surface area contributed by atoms with E-state index in [-0.39, 0.29) is 17.9 Å². The smallest absolute Gasteiger partial charge is 0.254 e. The van der Waals surface area contributed by atoms with Crippen LogP contribution in [0, 0.1) is 17.1 Å². The number of nitrogens with zero attached hydrogens (tertiary/aromatic N) is 1. The fraction of sp³-hybridized carbons (Fsp3) is 0.222. The zero-order valence-electron chi connectivity index (χ0n) is 13.7. The molecule has 7 heteroatoms. The van der Waals surface area contributed by atoms with Crippen molar-refractivity contribution in [3.8, 4) is 17.6 Å². The second-order valence-electron chi connectivity index (χ2n) is 5.16. The molecule has 1 unspecified atom stereocenters. The number of ether oxygens (including phenoxy) is 2. The molecule has 0 aliphatic heterocycles. The fourth-order valence-corrected chi connectivity index (χ4v) is 2.28. The summed E-state index contributed by atoms with van der Waals surface area (Å²) in [5.74, 6) is -2.24. The van der Waals surface area contributed by atoms with Crippen molar-refractivity contribution < 1.29 is 23.8 Å². The van der Waals surface area contributed by atoms with Gasteiger partial charge >= 0.3 is 0 Å². The van der Waals surface area contributed by atoms with Gasteiger partial charge in [0.15, 0.2) is 23.4 Å². The van der Waals surface area contributed by atoms with E-state index in [0.717, 1.165) is 5.56 Å². The van der Waals surface area contributed by atoms with Crippen molar-refractivity contribution in [1.82, 2.24) is 5.32 Å². The number of aromatic hydroxyl groups is 1. The van der Waals surface area contributed by atoms with E-state index in [4.69, 9.17) is 14.7 Å². The molecule has 0 radical (unpaired) electrons. The lowest BCUT2D eigenvalue weighted by Gasteiger charge is -2.17. The van der Waals surface area contributed by atoms with Gasteiger partial charge < -0.3 is 19.9 Å². The van der Waals surface area contributed by atoms with Crippen LogP contribution in [0.1, 0.15) is 22.8 Å². The van der Waals surface area contributed by atoms with Crippen molar-refractivity contribution in [2.45, 2.75) is 12.6 Å². The summed E-state index contributed by atoms with van der Waals surface area (Å²) < 4.78 is 24.2. The van der Waals surface area contributed by atoms with E-state index in [9.17, 15) is 14.3 Å². The molecule has 25 heavy (non-hydrogen) atoms. The van der Waals surface area contributed by atoms with Crippen molar-refractivity contribution in [3.63, 3.8) is 0 Å². The molecule has 0 bridgehead atoms. The van der Waals surface area contributed by atoms with Crippen LogP contribution in [0.3, 0.4) is 0 Å². The van der Waals surface area contributed by atoms with E-state index in [2.05, 4.69) is 5.32 Å². The summed E-state index contributed by atoms with van der Waals surface area (Å²) in [5.41, 5.74) is 1.19. The molecule has 0 fully saturated rings. The van der Waals surface area contributed by atoms with Crippen LogP contribution in [-0.4, -0.2) is 25.2 Å². The van der Waals surface area contributed by atoms with E-state index in [1.807, 2.05) is 6.07 Å². The number of rotatable bonds is 6. The normalized spacial score (nSPS) is 11.4. The third-order valence-corrected chi connectivity index (χ3v) is 3.64. The van der Waals surface area contributed by atoms with Gasteiger partial charge in [0.2, 0.25) is 0 Å². The molecule has 2 aromatic carbocycles. The van der Waals surface area contributed by atoms with Gasteiger partial charge in [-0.3, -0.25) is 4.79 Å². The average molecular weight is 344 g/mol. The summed E-state index contributed by atoms with van der Waals surface area (Å²) in [4.78, 5) is 12.3. The van der Waals surface area contributed by atoms with Gasteiger partial charge in [-0.05, 0) is 29.8 Å². The molecule has 1 atom stereocenters. The minimum atomic E-state index is -1.23. The topological polar surface area (TPSA) is 91.6 Å². The van der Waals surface area contributed by atoms with Gasteiger partial charge in [-0.1, -0.05) is 12.1 Å². The van der Waals surface area contributed by atoms with Gasteiger partial charge in [-0.15, -0.1) is 0 Å². The summed E-state index contributed by atoms with van der Waals surface area (Å²) in [5, 5.41) is 21.1. The van der Waals surface area contributed by atoms with Crippen LogP contribution < -0.4 is 10.1 Å². The molecule has 0 heterocycles. The van der Waals surface area contributed by atoms with Gasteiger partial charge in [0.05, 0.1) is 18.7 Å². The Morgan fingerprint density at radius 1 is 1.28 bits per heavy atom. The Hall–Kier alpha value is -3.11. The first kappa shape index (κ1) is 18.2. The third-order valence-electron chi connectivity index (χ3n) is 3.64. The van der Waals surface area contributed by atoms with Crippen molar-refractivity contribution in [3.05, 3.63) is 58.9 Å². The van der Waals surface area contributed by atoms with E-state index in [0.29, 0.717) is 5.56 Å². The quantitative estimate of drug-likeness (QED) is 0.840. The molecule has 1 amide bonds. The second kappa shape index (κ2) is 8.13. The number of halogens is 1. The molecular formula is C18H17FN2O4. The maximum Gasteiger partial charge on any atom is 0.254 e. The number of benzene rings is 2. The Labute approximate surface area is 144 Å². The number of amides is 1. The highest BCUT2D eigenvalue weighted by atomic mass is 19.1. The third kappa shape index (κ3) is 4.05. The molecule has 0 saturated carbocycles. The van der Waals surface area contributed by atoms with Crippen molar-refractivity contribution >= 4 is 5.91 Å². The molecule has 2 N–H and O–H groups in total. The summed E-state index contributed by atoms with van der Waals surface area (Å²) in [7, 11) is 2.57. The highest BCUT2D eigenvalue weighted by Gasteiger charge is 2.26. The number of hydrogen-bond donors (Lipinski definition) is 2. The summed E-state index contributed by atoms with van der Waals surface area (Å²) in [6.45, 7) is 0.189. The summed E-state index contributed by atoms with van der Waals surface area (Å²) in [6.07, 6.45) is -1.23. The molecule has 0 aliphatic rings. The average Bonchev–Trinajstić information content (AvgIpc) is 2.64. The minimum Gasteiger partial charge on any atom is -0.502 e. The van der Waals surface area contributed by atoms with E-state index < -0.39 is 23.6 Å². The Morgan fingerprint density at radius 3 is 2.52 bits per heavy atom. The van der Waals surface area contributed by atoms with Crippen LogP contribution in [0.4, 0.5) is 4.39 Å². The lowest BCUT2D eigenvalue weighted by atomic mass is 10.1. The fourth-order valence-electron chi connectivity index (χ4n) is 2.28. The summed E-state index contributed by atoms with van der Waals surface area (Å²) >= 11 is 0. The largest absolute Gasteiger partial charge is 0.502 e. The Bertz CT molecular complexity index is 800. The standard InChI is InChI=1S/C18H17FN2O4/c1-24-14-8-7-13(15(19)16(14)22)17(25-2)18(23)21-10-12-5-3-11(9-20)4-6-12/h3-8,17,22H,10H2,1-2H3,(H,21,23). The van der Waals surface area contributed by atoms with Gasteiger partial charge in [0.25, 0.3) is 5.91 Å². The van der Waals surface area contributed by atoms with Crippen LogP contribution in [0.2, 0.25) is 0 Å². The first-order valence-electron chi connectivity index (χ1n) is 7.36. The lowest BCUT2D eigenvalue weighted by molar-refractivity contribution is -0.131. The van der Waals surface area contributed by atoms with Crippen LogP contribution in [0.15, 0.2) is 36.4 Å². The van der Waals surface area contributed by atoms with Crippen LogP contribution in [-0.2, 0) is 16.1 Å². The highest BCUT2D eigenvalue weighted by molar-refractivity contribution is 5.82. The maximum atomic E-state index is 14.3. The summed E-state index contributed by atoms with van der Waals surface area (Å²) in [6, 6.07) is 11.4. The number of phenolic OH excluding ortho intramolecular Hbond substituents is 1. The van der Waals surface area contributed by atoms with E-state index in [1.165, 1.54) is 26.4 Å². The molecule has 0 saturated heterocycles. The molecular weight excluding hydrogens is 327 g/mol. The SMILES string of the molecule is COc1ccc(C(OC)C(=O)NCc2ccc(C#N)cc2)c(F)c1O. The number of carbonyl (C=O) groups excluding carboxylic acids is 1. The first-order valence-corrected chi connectivity index (χ1v) is 7.36. The van der Waals surface area contributed by atoms with Crippen LogP contribution in [0.5, 0.6) is 11.5 Å². The number of nitriles is 1.